The van der Waals surface area contributed by atoms with E-state index < -0.39 is 5.68 Å². The SMILES string of the molecule is [B]C(=O)c1ccc(OC[C@H]2CN(C3=Nc4ccccc4Oc4ccc(Cl)cc43)CCN2)cc1. The number of amidine groups is 1. The standard InChI is InChI=1S/C25H21BClN3O3/c26-24(31)16-5-8-19(9-6-16)32-15-18-14-30(12-11-28-18)25-20-13-17(27)7-10-22(20)33-23-4-2-1-3-21(23)29-25/h1-10,13,18,28H,11-12,14-15H2/t18-/m1/s1. The Bertz CT molecular complexity index is 1220. The average Bonchev–Trinajstić information content (AvgIpc) is 3.00. The molecule has 0 amide bonds. The number of benzene rings is 3. The first-order chi connectivity index (χ1) is 16.1. The molecular weight excluding hydrogens is 437 g/mol. The van der Waals surface area contributed by atoms with Crippen LogP contribution in [0.25, 0.3) is 0 Å². The van der Waals surface area contributed by atoms with Gasteiger partial charge in [0.15, 0.2) is 13.6 Å². The van der Waals surface area contributed by atoms with E-state index in [4.69, 9.17) is 33.9 Å². The third kappa shape index (κ3) is 4.75. The number of carbonyl (C=O) groups excluding carboxylic acids is 1. The first-order valence-electron chi connectivity index (χ1n) is 10.7. The van der Waals surface area contributed by atoms with Crippen LogP contribution >= 0.6 is 11.6 Å². The lowest BCUT2D eigenvalue weighted by atomic mass is 9.95. The van der Waals surface area contributed by atoms with Gasteiger partial charge in [0.2, 0.25) is 0 Å². The van der Waals surface area contributed by atoms with E-state index >= 15 is 0 Å². The Hall–Kier alpha value is -3.29. The summed E-state index contributed by atoms with van der Waals surface area (Å²) in [5, 5.41) is 4.14. The number of nitrogens with zero attached hydrogens (tertiary/aromatic N) is 2. The monoisotopic (exact) mass is 457 g/mol. The van der Waals surface area contributed by atoms with Crippen molar-refractivity contribution < 1.29 is 14.3 Å². The molecule has 2 heterocycles. The lowest BCUT2D eigenvalue weighted by Gasteiger charge is -2.35. The van der Waals surface area contributed by atoms with E-state index in [1.54, 1.807) is 24.3 Å². The van der Waals surface area contributed by atoms with Crippen LogP contribution in [0.5, 0.6) is 17.2 Å². The maximum Gasteiger partial charge on any atom is 0.175 e. The van der Waals surface area contributed by atoms with E-state index in [0.29, 0.717) is 35.2 Å². The molecule has 8 heteroatoms. The van der Waals surface area contributed by atoms with Gasteiger partial charge in [-0.05, 0) is 54.6 Å². The minimum Gasteiger partial charge on any atom is -0.492 e. The van der Waals surface area contributed by atoms with Gasteiger partial charge < -0.3 is 24.5 Å². The topological polar surface area (TPSA) is 63.2 Å². The summed E-state index contributed by atoms with van der Waals surface area (Å²) < 4.78 is 12.1. The third-order valence-electron chi connectivity index (χ3n) is 5.64. The van der Waals surface area contributed by atoms with Crippen molar-refractivity contribution >= 4 is 36.7 Å². The first kappa shape index (κ1) is 21.6. The third-order valence-corrected chi connectivity index (χ3v) is 5.87. The highest BCUT2D eigenvalue weighted by Crippen LogP contribution is 2.38. The fourth-order valence-corrected chi connectivity index (χ4v) is 4.15. The molecule has 0 spiro atoms. The molecule has 2 aliphatic heterocycles. The molecule has 2 radical (unpaired) electrons. The van der Waals surface area contributed by atoms with Gasteiger partial charge >= 0.3 is 0 Å². The molecule has 6 nitrogen and oxygen atoms in total. The van der Waals surface area contributed by atoms with Gasteiger partial charge in [0.05, 0.1) is 11.6 Å². The molecule has 0 aromatic heterocycles. The molecule has 33 heavy (non-hydrogen) atoms. The second kappa shape index (κ2) is 9.29. The maximum atomic E-state index is 11.3. The van der Waals surface area contributed by atoms with Crippen molar-refractivity contribution in [2.24, 2.45) is 4.99 Å². The highest BCUT2D eigenvalue weighted by atomic mass is 35.5. The number of carbonyl (C=O) groups is 1. The molecule has 164 valence electrons. The molecule has 3 aromatic carbocycles. The number of ether oxygens (including phenoxy) is 2. The number of rotatable bonds is 4. The van der Waals surface area contributed by atoms with Gasteiger partial charge in [-0.25, -0.2) is 4.99 Å². The maximum absolute atomic E-state index is 11.3. The Kier molecular flexibility index (Phi) is 6.07. The smallest absolute Gasteiger partial charge is 0.175 e. The summed E-state index contributed by atoms with van der Waals surface area (Å²) in [6.45, 7) is 2.74. The molecular formula is C25H21BClN3O3. The van der Waals surface area contributed by atoms with Crippen LogP contribution in [0, 0.1) is 0 Å². The fourth-order valence-electron chi connectivity index (χ4n) is 3.98. The molecule has 3 aromatic rings. The minimum absolute atomic E-state index is 0.0827. The van der Waals surface area contributed by atoms with Gasteiger partial charge in [-0.1, -0.05) is 23.7 Å². The van der Waals surface area contributed by atoms with Gasteiger partial charge in [0, 0.05) is 30.2 Å². The van der Waals surface area contributed by atoms with E-state index in [1.165, 1.54) is 0 Å². The highest BCUT2D eigenvalue weighted by molar-refractivity contribution is 6.62. The zero-order valence-corrected chi connectivity index (χ0v) is 18.6. The quantitative estimate of drug-likeness (QED) is 0.595. The van der Waals surface area contributed by atoms with Crippen molar-refractivity contribution in [3.8, 4) is 17.2 Å². The van der Waals surface area contributed by atoms with Gasteiger partial charge in [-0.2, -0.15) is 0 Å². The van der Waals surface area contributed by atoms with Gasteiger partial charge in [-0.3, -0.25) is 0 Å². The number of halogens is 1. The van der Waals surface area contributed by atoms with E-state index in [-0.39, 0.29) is 6.04 Å². The zero-order chi connectivity index (χ0) is 22.8. The molecule has 0 bridgehead atoms. The van der Waals surface area contributed by atoms with Crippen molar-refractivity contribution in [3.05, 3.63) is 82.9 Å². The van der Waals surface area contributed by atoms with Crippen molar-refractivity contribution in [1.82, 2.24) is 10.2 Å². The molecule has 2 aliphatic rings. The average molecular weight is 458 g/mol. The summed E-state index contributed by atoms with van der Waals surface area (Å²) in [6, 6.07) is 20.3. The second-order valence-corrected chi connectivity index (χ2v) is 8.38. The van der Waals surface area contributed by atoms with Crippen LogP contribution in [0.1, 0.15) is 15.9 Å². The Labute approximate surface area is 198 Å². The van der Waals surface area contributed by atoms with Crippen LogP contribution in [0.3, 0.4) is 0 Å². The summed E-state index contributed by atoms with van der Waals surface area (Å²) in [4.78, 5) is 18.5. The summed E-state index contributed by atoms with van der Waals surface area (Å²) >= 11 is 6.33. The van der Waals surface area contributed by atoms with Gasteiger partial charge in [0.25, 0.3) is 0 Å². The Morgan fingerprint density at radius 3 is 2.79 bits per heavy atom. The Balaban J connectivity index is 1.36. The molecule has 1 atom stereocenters. The first-order valence-corrected chi connectivity index (χ1v) is 11.1. The van der Waals surface area contributed by atoms with Crippen LogP contribution in [0.4, 0.5) is 5.69 Å². The van der Waals surface area contributed by atoms with E-state index in [1.807, 2.05) is 42.5 Å². The molecule has 1 N–H and O–H groups in total. The van der Waals surface area contributed by atoms with E-state index in [9.17, 15) is 4.79 Å². The van der Waals surface area contributed by atoms with Crippen molar-refractivity contribution in [2.75, 3.05) is 26.2 Å². The van der Waals surface area contributed by atoms with Gasteiger partial charge in [0.1, 0.15) is 35.3 Å². The van der Waals surface area contributed by atoms with Crippen LogP contribution in [-0.4, -0.2) is 56.5 Å². The minimum atomic E-state index is -0.457. The largest absolute Gasteiger partial charge is 0.492 e. The summed E-state index contributed by atoms with van der Waals surface area (Å²) in [7, 11) is 5.30. The van der Waals surface area contributed by atoms with Crippen molar-refractivity contribution in [3.63, 3.8) is 0 Å². The van der Waals surface area contributed by atoms with Crippen molar-refractivity contribution in [1.29, 1.82) is 0 Å². The summed E-state index contributed by atoms with van der Waals surface area (Å²) in [5.74, 6) is 2.95. The van der Waals surface area contributed by atoms with Crippen molar-refractivity contribution in [2.45, 2.75) is 6.04 Å². The number of para-hydroxylation sites is 2. The highest BCUT2D eigenvalue weighted by Gasteiger charge is 2.27. The van der Waals surface area contributed by atoms with Crippen LogP contribution in [-0.2, 0) is 0 Å². The Morgan fingerprint density at radius 1 is 1.15 bits per heavy atom. The predicted molar refractivity (Wildman–Crippen MR) is 130 cm³/mol. The predicted octanol–water partition coefficient (Wildman–Crippen LogP) is 4.19. The molecule has 0 aliphatic carbocycles. The second-order valence-electron chi connectivity index (χ2n) is 7.94. The molecule has 1 fully saturated rings. The number of hydrogen-bond acceptors (Lipinski definition) is 6. The molecule has 1 saturated heterocycles. The van der Waals surface area contributed by atoms with E-state index in [0.717, 1.165) is 35.9 Å². The molecule has 0 saturated carbocycles. The lowest BCUT2D eigenvalue weighted by Crippen LogP contribution is -2.54. The van der Waals surface area contributed by atoms with Crippen LogP contribution in [0.15, 0.2) is 71.7 Å². The molecule has 0 unspecified atom stereocenters. The number of fused-ring (bicyclic) bond motifs is 2. The Morgan fingerprint density at radius 2 is 1.97 bits per heavy atom. The van der Waals surface area contributed by atoms with Crippen LogP contribution < -0.4 is 14.8 Å². The number of hydrogen-bond donors (Lipinski definition) is 1. The number of nitrogens with one attached hydrogen (secondary N) is 1. The number of piperazine rings is 1. The summed E-state index contributed by atoms with van der Waals surface area (Å²) in [6.07, 6.45) is 0. The normalized spacial score (nSPS) is 17.2. The number of aliphatic imine (C=N–C) groups is 1. The van der Waals surface area contributed by atoms with Gasteiger partial charge in [-0.15, -0.1) is 0 Å². The summed E-state index contributed by atoms with van der Waals surface area (Å²) in [5.41, 5.74) is 1.64. The zero-order valence-electron chi connectivity index (χ0n) is 17.8. The van der Waals surface area contributed by atoms with Crippen LogP contribution in [0.2, 0.25) is 5.02 Å². The lowest BCUT2D eigenvalue weighted by molar-refractivity contribution is 0.108. The van der Waals surface area contributed by atoms with E-state index in [2.05, 4.69) is 10.2 Å². The molecule has 5 rings (SSSR count). The fraction of sp³-hybridized carbons (Fsp3) is 0.200.